The highest BCUT2D eigenvalue weighted by Gasteiger charge is 2.16. The molecule has 0 bridgehead atoms. The van der Waals surface area contributed by atoms with Gasteiger partial charge in [-0.1, -0.05) is 5.16 Å². The van der Waals surface area contributed by atoms with Crippen molar-refractivity contribution in [3.05, 3.63) is 41.2 Å². The molecule has 7 heteroatoms. The molecule has 1 aliphatic rings. The topological polar surface area (TPSA) is 73.7 Å². The van der Waals surface area contributed by atoms with E-state index in [4.69, 9.17) is 9.62 Å². The first-order valence-electron chi connectivity index (χ1n) is 8.43. The molecule has 0 unspecified atom stereocenters. The monoisotopic (exact) mass is 326 g/mol. The van der Waals surface area contributed by atoms with Gasteiger partial charge in [0.1, 0.15) is 11.5 Å². The average Bonchev–Trinajstić information content (AvgIpc) is 3.28. The zero-order valence-corrected chi connectivity index (χ0v) is 14.1. The van der Waals surface area contributed by atoms with Crippen LogP contribution in [0.4, 0.5) is 0 Å². The van der Waals surface area contributed by atoms with Crippen molar-refractivity contribution in [3.8, 4) is 11.5 Å². The van der Waals surface area contributed by atoms with E-state index in [1.165, 1.54) is 11.3 Å². The lowest BCUT2D eigenvalue weighted by atomic mass is 10.1. The number of fused-ring (bicyclic) bond motifs is 1. The molecule has 3 aromatic rings. The van der Waals surface area contributed by atoms with Crippen LogP contribution < -0.4 is 5.32 Å². The highest BCUT2D eigenvalue weighted by molar-refractivity contribution is 5.50. The lowest BCUT2D eigenvalue weighted by Gasteiger charge is -2.13. The third kappa shape index (κ3) is 2.75. The maximum Gasteiger partial charge on any atom is 0.160 e. The molecule has 1 N–H and O–H groups in total. The van der Waals surface area contributed by atoms with Crippen LogP contribution in [0.25, 0.3) is 11.5 Å². The van der Waals surface area contributed by atoms with Gasteiger partial charge in [-0.25, -0.2) is 4.98 Å². The van der Waals surface area contributed by atoms with E-state index in [0.717, 1.165) is 62.0 Å². The summed E-state index contributed by atoms with van der Waals surface area (Å²) in [4.78, 5) is 4.52. The molecule has 0 amide bonds. The summed E-state index contributed by atoms with van der Waals surface area (Å²) in [6, 6.07) is 2.14. The molecule has 0 aromatic carbocycles. The molecule has 24 heavy (non-hydrogen) atoms. The Balaban J connectivity index is 1.48. The van der Waals surface area contributed by atoms with E-state index in [1.807, 2.05) is 26.2 Å². The molecular weight excluding hydrogens is 304 g/mol. The van der Waals surface area contributed by atoms with Crippen molar-refractivity contribution in [3.63, 3.8) is 0 Å². The number of rotatable bonds is 5. The van der Waals surface area contributed by atoms with E-state index in [2.05, 4.69) is 30.8 Å². The molecule has 0 radical (unpaired) electrons. The summed E-state index contributed by atoms with van der Waals surface area (Å²) in [6.45, 7) is 7.64. The van der Waals surface area contributed by atoms with Gasteiger partial charge in [-0.15, -0.1) is 0 Å². The van der Waals surface area contributed by atoms with Crippen molar-refractivity contribution >= 4 is 0 Å². The Hall–Kier alpha value is -2.41. The molecular formula is C17H22N6O. The van der Waals surface area contributed by atoms with Gasteiger partial charge in [-0.2, -0.15) is 5.10 Å². The summed E-state index contributed by atoms with van der Waals surface area (Å²) >= 11 is 0. The standard InChI is InChI=1S/C17H22N6O/c1-12-15(13(2)24-21-12)4-3-7-22-8-6-19-17(22)16-10-14-11-18-5-9-23(14)20-16/h6,8,10,18H,3-5,7,9,11H2,1-2H3. The van der Waals surface area contributed by atoms with Crippen LogP contribution in [-0.4, -0.2) is 31.0 Å². The van der Waals surface area contributed by atoms with Crippen molar-refractivity contribution in [2.45, 2.75) is 46.3 Å². The summed E-state index contributed by atoms with van der Waals surface area (Å²) in [6.07, 6.45) is 5.85. The highest BCUT2D eigenvalue weighted by Crippen LogP contribution is 2.20. The van der Waals surface area contributed by atoms with Gasteiger partial charge in [0.15, 0.2) is 5.82 Å². The van der Waals surface area contributed by atoms with Crippen LogP contribution in [0.1, 0.15) is 29.1 Å². The van der Waals surface area contributed by atoms with Gasteiger partial charge in [0.25, 0.3) is 0 Å². The lowest BCUT2D eigenvalue weighted by Crippen LogP contribution is -2.28. The summed E-state index contributed by atoms with van der Waals surface area (Å²) in [7, 11) is 0. The van der Waals surface area contributed by atoms with Crippen LogP contribution in [0.15, 0.2) is 23.0 Å². The number of aromatic nitrogens is 5. The minimum atomic E-state index is 0.875. The molecule has 0 spiro atoms. The number of hydrogen-bond acceptors (Lipinski definition) is 5. The minimum absolute atomic E-state index is 0.875. The Morgan fingerprint density at radius 1 is 1.33 bits per heavy atom. The largest absolute Gasteiger partial charge is 0.361 e. The predicted molar refractivity (Wildman–Crippen MR) is 89.5 cm³/mol. The number of nitrogens with one attached hydrogen (secondary N) is 1. The van der Waals surface area contributed by atoms with Crippen molar-refractivity contribution < 1.29 is 4.52 Å². The number of nitrogens with zero attached hydrogens (tertiary/aromatic N) is 5. The molecule has 4 rings (SSSR count). The van der Waals surface area contributed by atoms with Crippen molar-refractivity contribution in [2.24, 2.45) is 0 Å². The molecule has 0 fully saturated rings. The SMILES string of the molecule is Cc1noc(C)c1CCCn1ccnc1-c1cc2n(n1)CCNC2. The second kappa shape index (κ2) is 6.24. The van der Waals surface area contributed by atoms with E-state index in [0.29, 0.717) is 0 Å². The fraction of sp³-hybridized carbons (Fsp3) is 0.471. The summed E-state index contributed by atoms with van der Waals surface area (Å²) < 4.78 is 9.49. The van der Waals surface area contributed by atoms with Gasteiger partial charge in [-0.3, -0.25) is 4.68 Å². The maximum absolute atomic E-state index is 5.23. The smallest absolute Gasteiger partial charge is 0.160 e. The van der Waals surface area contributed by atoms with Gasteiger partial charge in [0.2, 0.25) is 0 Å². The van der Waals surface area contributed by atoms with Crippen molar-refractivity contribution in [2.75, 3.05) is 6.54 Å². The Morgan fingerprint density at radius 3 is 3.04 bits per heavy atom. The quantitative estimate of drug-likeness (QED) is 0.777. The zero-order chi connectivity index (χ0) is 16.5. The van der Waals surface area contributed by atoms with Gasteiger partial charge in [-0.05, 0) is 32.8 Å². The van der Waals surface area contributed by atoms with Crippen LogP contribution in [0.5, 0.6) is 0 Å². The first-order valence-corrected chi connectivity index (χ1v) is 8.43. The molecule has 0 saturated heterocycles. The molecule has 0 aliphatic carbocycles. The molecule has 0 saturated carbocycles. The number of hydrogen-bond donors (Lipinski definition) is 1. The molecule has 3 aromatic heterocycles. The predicted octanol–water partition coefficient (Wildman–Crippen LogP) is 2.09. The third-order valence-electron chi connectivity index (χ3n) is 4.62. The normalized spacial score (nSPS) is 14.1. The van der Waals surface area contributed by atoms with Crippen LogP contribution >= 0.6 is 0 Å². The second-order valence-corrected chi connectivity index (χ2v) is 6.27. The fourth-order valence-electron chi connectivity index (χ4n) is 3.31. The third-order valence-corrected chi connectivity index (χ3v) is 4.62. The Morgan fingerprint density at radius 2 is 2.25 bits per heavy atom. The Kier molecular flexibility index (Phi) is 3.93. The van der Waals surface area contributed by atoms with Gasteiger partial charge in [0, 0.05) is 37.6 Å². The molecule has 126 valence electrons. The van der Waals surface area contributed by atoms with E-state index >= 15 is 0 Å². The van der Waals surface area contributed by atoms with Crippen LogP contribution in [-0.2, 0) is 26.1 Å². The zero-order valence-electron chi connectivity index (χ0n) is 14.1. The Bertz CT molecular complexity index is 800. The van der Waals surface area contributed by atoms with E-state index in [-0.39, 0.29) is 0 Å². The van der Waals surface area contributed by atoms with Crippen LogP contribution in [0.2, 0.25) is 0 Å². The van der Waals surface area contributed by atoms with E-state index in [9.17, 15) is 0 Å². The minimum Gasteiger partial charge on any atom is -0.361 e. The average molecular weight is 326 g/mol. The van der Waals surface area contributed by atoms with E-state index in [1.54, 1.807) is 0 Å². The fourth-order valence-corrected chi connectivity index (χ4v) is 3.31. The molecule has 7 nitrogen and oxygen atoms in total. The second-order valence-electron chi connectivity index (χ2n) is 6.27. The van der Waals surface area contributed by atoms with Crippen LogP contribution in [0.3, 0.4) is 0 Å². The first-order chi connectivity index (χ1) is 11.7. The first kappa shape index (κ1) is 15.1. The molecule has 0 atom stereocenters. The summed E-state index contributed by atoms with van der Waals surface area (Å²) in [5.41, 5.74) is 4.39. The lowest BCUT2D eigenvalue weighted by molar-refractivity contribution is 0.392. The van der Waals surface area contributed by atoms with Crippen molar-refractivity contribution in [1.29, 1.82) is 0 Å². The molecule has 4 heterocycles. The summed E-state index contributed by atoms with van der Waals surface area (Å²) in [5.74, 6) is 1.86. The van der Waals surface area contributed by atoms with Crippen molar-refractivity contribution in [1.82, 2.24) is 29.8 Å². The number of imidazole rings is 1. The summed E-state index contributed by atoms with van der Waals surface area (Å²) in [5, 5.41) is 12.1. The maximum atomic E-state index is 5.23. The van der Waals surface area contributed by atoms with Gasteiger partial charge < -0.3 is 14.4 Å². The van der Waals surface area contributed by atoms with Gasteiger partial charge in [0.05, 0.1) is 17.9 Å². The van der Waals surface area contributed by atoms with E-state index < -0.39 is 0 Å². The Labute approximate surface area is 140 Å². The van der Waals surface area contributed by atoms with Crippen LogP contribution in [0, 0.1) is 13.8 Å². The highest BCUT2D eigenvalue weighted by atomic mass is 16.5. The number of aryl methyl sites for hydroxylation is 3. The molecule has 1 aliphatic heterocycles. The van der Waals surface area contributed by atoms with Gasteiger partial charge >= 0.3 is 0 Å².